The molecule has 2 atom stereocenters. The van der Waals surface area contributed by atoms with E-state index in [1.807, 2.05) is 30.3 Å². The molecule has 0 bridgehead atoms. The van der Waals surface area contributed by atoms with Crippen molar-refractivity contribution in [2.45, 2.75) is 51.4 Å². The highest BCUT2D eigenvalue weighted by atomic mass is 16.4. The number of likely N-dealkylation sites (tertiary alicyclic amines) is 1. The Morgan fingerprint density at radius 2 is 1.89 bits per heavy atom. The molecule has 5 N–H and O–H groups in total. The molecule has 1 heterocycles. The quantitative estimate of drug-likeness (QED) is 0.478. The van der Waals surface area contributed by atoms with Crippen LogP contribution in [-0.4, -0.2) is 57.7 Å². The van der Waals surface area contributed by atoms with Gasteiger partial charge in [-0.15, -0.1) is 0 Å². The zero-order chi connectivity index (χ0) is 19.2. The number of carbonyl (C=O) groups excluding carboxylic acids is 1. The van der Waals surface area contributed by atoms with Gasteiger partial charge in [0.05, 0.1) is 0 Å². The summed E-state index contributed by atoms with van der Waals surface area (Å²) in [6, 6.07) is 9.90. The van der Waals surface area contributed by atoms with Gasteiger partial charge in [-0.2, -0.15) is 0 Å². The summed E-state index contributed by atoms with van der Waals surface area (Å²) in [6.45, 7) is 0.299. The largest absolute Gasteiger partial charge is 0.480 e. The van der Waals surface area contributed by atoms with Crippen molar-refractivity contribution < 1.29 is 24.7 Å². The van der Waals surface area contributed by atoms with E-state index < -0.39 is 24.5 Å². The monoisotopic (exact) mass is 378 g/mol. The second-order valence-electron chi connectivity index (χ2n) is 7.07. The maximum absolute atomic E-state index is 12.5. The summed E-state index contributed by atoms with van der Waals surface area (Å²) in [5, 5.41) is 27.4. The minimum Gasteiger partial charge on any atom is -0.480 e. The normalized spacial score (nSPS) is 21.6. The van der Waals surface area contributed by atoms with Crippen molar-refractivity contribution in [3.05, 3.63) is 35.9 Å². The van der Waals surface area contributed by atoms with Crippen molar-refractivity contribution in [3.63, 3.8) is 0 Å². The van der Waals surface area contributed by atoms with Gasteiger partial charge in [-0.3, -0.25) is 9.59 Å². The number of amides is 1. The van der Waals surface area contributed by atoms with Crippen LogP contribution in [0.1, 0.15) is 38.7 Å². The number of aliphatic carboxylic acids is 1. The number of nitrogens with two attached hydrogens (primary N) is 1. The van der Waals surface area contributed by atoms with E-state index in [4.69, 9.17) is 15.8 Å². The lowest BCUT2D eigenvalue weighted by Gasteiger charge is -2.25. The third-order valence-corrected chi connectivity index (χ3v) is 5.09. The Morgan fingerprint density at radius 3 is 2.48 bits per heavy atom. The number of aryl methyl sites for hydroxylation is 1. The zero-order valence-electron chi connectivity index (χ0n) is 14.9. The lowest BCUT2D eigenvalue weighted by atomic mass is 9.78. The summed E-state index contributed by atoms with van der Waals surface area (Å²) < 4.78 is 0. The van der Waals surface area contributed by atoms with E-state index in [2.05, 4.69) is 0 Å². The van der Waals surface area contributed by atoms with Gasteiger partial charge in [-0.05, 0) is 31.1 Å². The molecule has 1 fully saturated rings. The van der Waals surface area contributed by atoms with Crippen LogP contribution < -0.4 is 5.73 Å². The Morgan fingerprint density at radius 1 is 1.22 bits per heavy atom. The Kier molecular flexibility index (Phi) is 8.95. The molecule has 150 valence electrons. The molecule has 2 unspecified atom stereocenters. The molecular weight excluding hydrogens is 347 g/mol. The molecule has 27 heavy (non-hydrogen) atoms. The van der Waals surface area contributed by atoms with Gasteiger partial charge in [0.25, 0.3) is 0 Å². The van der Waals surface area contributed by atoms with Crippen LogP contribution in [0.25, 0.3) is 0 Å². The molecule has 0 spiro atoms. The van der Waals surface area contributed by atoms with E-state index in [0.29, 0.717) is 32.2 Å². The van der Waals surface area contributed by atoms with Gasteiger partial charge in [-0.1, -0.05) is 44.2 Å². The van der Waals surface area contributed by atoms with Crippen molar-refractivity contribution in [1.82, 2.24) is 4.90 Å². The van der Waals surface area contributed by atoms with Crippen molar-refractivity contribution in [2.75, 3.05) is 13.1 Å². The number of carbonyl (C=O) groups is 2. The van der Waals surface area contributed by atoms with Gasteiger partial charge in [0.1, 0.15) is 5.54 Å². The Labute approximate surface area is 161 Å². The van der Waals surface area contributed by atoms with Crippen molar-refractivity contribution >= 4 is 19.0 Å². The molecular formula is C19H31BN2O5. The van der Waals surface area contributed by atoms with E-state index in [-0.39, 0.29) is 26.2 Å². The van der Waals surface area contributed by atoms with E-state index >= 15 is 0 Å². The first-order valence-corrected chi connectivity index (χ1v) is 9.03. The van der Waals surface area contributed by atoms with E-state index in [1.54, 1.807) is 4.90 Å². The predicted molar refractivity (Wildman–Crippen MR) is 105 cm³/mol. The highest BCUT2D eigenvalue weighted by Crippen LogP contribution is 2.31. The van der Waals surface area contributed by atoms with Gasteiger partial charge < -0.3 is 25.8 Å². The minimum absolute atomic E-state index is 0. The first-order chi connectivity index (χ1) is 12.3. The maximum Gasteiger partial charge on any atom is 0.451 e. The number of carboxylic acid groups (broad SMARTS) is 1. The fraction of sp³-hybridized carbons (Fsp3) is 0.579. The highest BCUT2D eigenvalue weighted by Gasteiger charge is 2.50. The van der Waals surface area contributed by atoms with Crippen LogP contribution in [0.2, 0.25) is 6.32 Å². The minimum atomic E-state index is -1.48. The summed E-state index contributed by atoms with van der Waals surface area (Å²) >= 11 is 0. The first-order valence-electron chi connectivity index (χ1n) is 9.03. The summed E-state index contributed by atoms with van der Waals surface area (Å²) in [4.78, 5) is 25.6. The molecule has 1 aliphatic rings. The lowest BCUT2D eigenvalue weighted by molar-refractivity contribution is -0.144. The van der Waals surface area contributed by atoms with Crippen LogP contribution in [0.5, 0.6) is 0 Å². The summed E-state index contributed by atoms with van der Waals surface area (Å²) in [6.07, 6.45) is 2.90. The number of hydrogen-bond acceptors (Lipinski definition) is 5. The molecule has 1 amide bonds. The number of nitrogens with zero attached hydrogens (tertiary/aromatic N) is 1. The highest BCUT2D eigenvalue weighted by molar-refractivity contribution is 6.40. The fourth-order valence-corrected chi connectivity index (χ4v) is 3.51. The SMILES string of the molecule is C.NC1(C(=O)O)CN(C(=O)CCCc2ccccc2)CC1CCCB(O)O. The van der Waals surface area contributed by atoms with Crippen LogP contribution in [-0.2, 0) is 16.0 Å². The third kappa shape index (κ3) is 6.34. The molecule has 1 aliphatic heterocycles. The van der Waals surface area contributed by atoms with Crippen molar-refractivity contribution in [3.8, 4) is 0 Å². The van der Waals surface area contributed by atoms with Gasteiger partial charge >= 0.3 is 13.1 Å². The van der Waals surface area contributed by atoms with Crippen LogP contribution >= 0.6 is 0 Å². The fourth-order valence-electron chi connectivity index (χ4n) is 3.51. The molecule has 0 radical (unpaired) electrons. The second-order valence-corrected chi connectivity index (χ2v) is 7.07. The van der Waals surface area contributed by atoms with E-state index in [9.17, 15) is 14.7 Å². The average molecular weight is 378 g/mol. The Hall–Kier alpha value is -1.90. The van der Waals surface area contributed by atoms with Crippen LogP contribution in [0, 0.1) is 5.92 Å². The molecule has 1 aromatic rings. The molecule has 0 aliphatic carbocycles. The van der Waals surface area contributed by atoms with Crippen LogP contribution in [0.15, 0.2) is 30.3 Å². The van der Waals surface area contributed by atoms with Crippen molar-refractivity contribution in [2.24, 2.45) is 11.7 Å². The van der Waals surface area contributed by atoms with Crippen LogP contribution in [0.3, 0.4) is 0 Å². The van der Waals surface area contributed by atoms with Gasteiger partial charge in [-0.25, -0.2) is 0 Å². The zero-order valence-corrected chi connectivity index (χ0v) is 14.9. The maximum atomic E-state index is 12.5. The summed E-state index contributed by atoms with van der Waals surface area (Å²) in [5.41, 5.74) is 5.78. The molecule has 7 nitrogen and oxygen atoms in total. The number of hydrogen-bond donors (Lipinski definition) is 4. The first kappa shape index (κ1) is 23.1. The summed E-state index contributed by atoms with van der Waals surface area (Å²) in [7, 11) is -1.41. The van der Waals surface area contributed by atoms with E-state index in [0.717, 1.165) is 6.42 Å². The van der Waals surface area contributed by atoms with Gasteiger partial charge in [0, 0.05) is 25.4 Å². The Bertz CT molecular complexity index is 613. The average Bonchev–Trinajstić information content (AvgIpc) is 2.94. The second kappa shape index (κ2) is 10.4. The summed E-state index contributed by atoms with van der Waals surface area (Å²) in [5.74, 6) is -1.59. The molecule has 0 aromatic heterocycles. The Balaban J connectivity index is 0.00000364. The van der Waals surface area contributed by atoms with Crippen LogP contribution in [0.4, 0.5) is 0 Å². The van der Waals surface area contributed by atoms with Gasteiger partial charge in [0.2, 0.25) is 5.91 Å². The molecule has 1 aromatic carbocycles. The number of carboxylic acids is 1. The smallest absolute Gasteiger partial charge is 0.451 e. The lowest BCUT2D eigenvalue weighted by Crippen LogP contribution is -2.55. The molecule has 0 saturated carbocycles. The topological polar surface area (TPSA) is 124 Å². The molecule has 8 heteroatoms. The number of rotatable bonds is 9. The molecule has 2 rings (SSSR count). The predicted octanol–water partition coefficient (Wildman–Crippen LogP) is 1.14. The third-order valence-electron chi connectivity index (χ3n) is 5.09. The van der Waals surface area contributed by atoms with Crippen molar-refractivity contribution in [1.29, 1.82) is 0 Å². The number of benzene rings is 1. The standard InChI is InChI=1S/C18H27BN2O5.CH4/c20-18(17(23)24)13-21(12-15(18)9-5-11-19(25)26)16(22)10-4-8-14-6-2-1-3-7-14;/h1-3,6-7,15,25-26H,4-5,8-13,20H2,(H,23,24);1H4. The van der Waals surface area contributed by atoms with Gasteiger partial charge in [0.15, 0.2) is 0 Å². The van der Waals surface area contributed by atoms with E-state index in [1.165, 1.54) is 5.56 Å². The molecule has 1 saturated heterocycles.